The second-order valence-corrected chi connectivity index (χ2v) is 8.87. The minimum atomic E-state index is -0.548. The minimum Gasteiger partial charge on any atom is -0.456 e. The summed E-state index contributed by atoms with van der Waals surface area (Å²) in [6, 6.07) is 16.8. The first-order valence-corrected chi connectivity index (χ1v) is 10.8. The number of carbonyl (C=O) groups is 2. The number of methoxy groups -OCH3 is 1. The zero-order valence-corrected chi connectivity index (χ0v) is 19.2. The van der Waals surface area contributed by atoms with Gasteiger partial charge in [-0.25, -0.2) is 9.59 Å². The molecule has 0 aromatic heterocycles. The molecule has 2 atom stereocenters. The summed E-state index contributed by atoms with van der Waals surface area (Å²) in [5, 5.41) is 2.93. The summed E-state index contributed by atoms with van der Waals surface area (Å²) in [5.41, 5.74) is 1.81. The molecule has 2 aromatic carbocycles. The zero-order valence-electron chi connectivity index (χ0n) is 19.2. The monoisotopic (exact) mass is 440 g/mol. The van der Waals surface area contributed by atoms with Crippen LogP contribution in [0.25, 0.3) is 0 Å². The van der Waals surface area contributed by atoms with E-state index in [2.05, 4.69) is 10.2 Å². The van der Waals surface area contributed by atoms with E-state index in [1.165, 1.54) is 0 Å². The molecule has 172 valence electrons. The summed E-state index contributed by atoms with van der Waals surface area (Å²) >= 11 is 0. The minimum absolute atomic E-state index is 0.159. The average molecular weight is 441 g/mol. The van der Waals surface area contributed by atoms with Gasteiger partial charge in [0.15, 0.2) is 0 Å². The third-order valence-corrected chi connectivity index (χ3v) is 5.22. The van der Waals surface area contributed by atoms with Crippen LogP contribution in [0.4, 0.5) is 10.5 Å². The molecule has 0 aliphatic carbocycles. The van der Waals surface area contributed by atoms with Crippen molar-refractivity contribution in [1.82, 2.24) is 5.32 Å². The quantitative estimate of drug-likeness (QED) is 0.680. The lowest BCUT2D eigenvalue weighted by molar-refractivity contribution is 0.00694. The number of nitrogens with one attached hydrogen (secondary N) is 1. The van der Waals surface area contributed by atoms with Crippen molar-refractivity contribution in [3.05, 3.63) is 65.7 Å². The average Bonchev–Trinajstić information content (AvgIpc) is 2.77. The molecule has 0 saturated carbocycles. The molecule has 1 fully saturated rings. The first-order valence-electron chi connectivity index (χ1n) is 10.8. The van der Waals surface area contributed by atoms with Crippen molar-refractivity contribution < 1.29 is 23.8 Å². The number of anilines is 1. The fraction of sp³-hybridized carbons (Fsp3) is 0.440. The van der Waals surface area contributed by atoms with Gasteiger partial charge in [0.05, 0.1) is 17.7 Å². The predicted octanol–water partition coefficient (Wildman–Crippen LogP) is 4.16. The number of hydrogen-bond acceptors (Lipinski definition) is 6. The van der Waals surface area contributed by atoms with Crippen molar-refractivity contribution in [2.45, 2.75) is 51.5 Å². The van der Waals surface area contributed by atoms with Crippen molar-refractivity contribution >= 4 is 17.7 Å². The van der Waals surface area contributed by atoms with E-state index < -0.39 is 11.7 Å². The van der Waals surface area contributed by atoms with Crippen LogP contribution in [0.15, 0.2) is 54.6 Å². The predicted molar refractivity (Wildman–Crippen MR) is 123 cm³/mol. The van der Waals surface area contributed by atoms with Crippen molar-refractivity contribution in [2.75, 3.05) is 25.1 Å². The number of piperidine rings is 1. The Kier molecular flexibility index (Phi) is 7.75. The molecule has 0 radical (unpaired) electrons. The molecule has 1 N–H and O–H groups in total. The van der Waals surface area contributed by atoms with E-state index >= 15 is 0 Å². The van der Waals surface area contributed by atoms with Gasteiger partial charge in [-0.3, -0.25) is 0 Å². The van der Waals surface area contributed by atoms with E-state index in [0.717, 1.165) is 11.3 Å². The van der Waals surface area contributed by atoms with Crippen molar-refractivity contribution in [3.8, 4) is 0 Å². The summed E-state index contributed by atoms with van der Waals surface area (Å²) < 4.78 is 16.5. The Labute approximate surface area is 189 Å². The van der Waals surface area contributed by atoms with Crippen LogP contribution < -0.4 is 10.2 Å². The van der Waals surface area contributed by atoms with Crippen LogP contribution in [0.5, 0.6) is 0 Å². The summed E-state index contributed by atoms with van der Waals surface area (Å²) in [5.74, 6) is -0.347. The van der Waals surface area contributed by atoms with Crippen LogP contribution in [-0.4, -0.2) is 50.0 Å². The Morgan fingerprint density at radius 3 is 2.53 bits per heavy atom. The highest BCUT2D eigenvalue weighted by Gasteiger charge is 2.31. The molecule has 7 heteroatoms. The Morgan fingerprint density at radius 1 is 1.09 bits per heavy atom. The highest BCUT2D eigenvalue weighted by molar-refractivity contribution is 5.90. The third kappa shape index (κ3) is 6.72. The van der Waals surface area contributed by atoms with Crippen LogP contribution in [0.3, 0.4) is 0 Å². The summed E-state index contributed by atoms with van der Waals surface area (Å²) in [6.07, 6.45) is 0.0229. The standard InChI is InChI=1S/C25H32N2O5/c1-25(2,3)32-23(28)19-11-8-12-20(15-19)27-14-13-21(22(16-27)30-4)26-24(29)31-17-18-9-6-5-7-10-18/h5-12,15,21-22H,13-14,16-17H2,1-4H3,(H,26,29). The maximum Gasteiger partial charge on any atom is 0.407 e. The lowest BCUT2D eigenvalue weighted by Crippen LogP contribution is -2.55. The van der Waals surface area contributed by atoms with Gasteiger partial charge in [-0.1, -0.05) is 36.4 Å². The topological polar surface area (TPSA) is 77.1 Å². The molecule has 0 bridgehead atoms. The van der Waals surface area contributed by atoms with Crippen molar-refractivity contribution in [2.24, 2.45) is 0 Å². The van der Waals surface area contributed by atoms with Gasteiger partial charge in [0.25, 0.3) is 0 Å². The fourth-order valence-corrected chi connectivity index (χ4v) is 3.64. The summed E-state index contributed by atoms with van der Waals surface area (Å²) in [7, 11) is 1.63. The molecule has 3 rings (SSSR count). The fourth-order valence-electron chi connectivity index (χ4n) is 3.64. The van der Waals surface area contributed by atoms with E-state index in [4.69, 9.17) is 14.2 Å². The largest absolute Gasteiger partial charge is 0.456 e. The number of esters is 1. The van der Waals surface area contributed by atoms with Gasteiger partial charge in [-0.2, -0.15) is 0 Å². The van der Waals surface area contributed by atoms with E-state index in [9.17, 15) is 9.59 Å². The Morgan fingerprint density at radius 2 is 1.84 bits per heavy atom. The number of alkyl carbamates (subject to hydrolysis) is 1. The van der Waals surface area contributed by atoms with Crippen LogP contribution in [-0.2, 0) is 20.8 Å². The van der Waals surface area contributed by atoms with Gasteiger partial charge in [0.2, 0.25) is 0 Å². The van der Waals surface area contributed by atoms with Gasteiger partial charge < -0.3 is 24.4 Å². The van der Waals surface area contributed by atoms with Gasteiger partial charge in [0.1, 0.15) is 12.2 Å². The molecule has 2 unspecified atom stereocenters. The second kappa shape index (κ2) is 10.5. The van der Waals surface area contributed by atoms with E-state index in [0.29, 0.717) is 25.1 Å². The number of ether oxygens (including phenoxy) is 3. The highest BCUT2D eigenvalue weighted by atomic mass is 16.6. The first kappa shape index (κ1) is 23.6. The van der Waals surface area contributed by atoms with Crippen LogP contribution >= 0.6 is 0 Å². The molecule has 1 aliphatic rings. The normalized spacial score (nSPS) is 18.7. The summed E-state index contributed by atoms with van der Waals surface area (Å²) in [4.78, 5) is 26.9. The number of benzene rings is 2. The van der Waals surface area contributed by atoms with Crippen molar-refractivity contribution in [3.63, 3.8) is 0 Å². The maximum absolute atomic E-state index is 12.4. The first-order chi connectivity index (χ1) is 15.2. The highest BCUT2D eigenvalue weighted by Crippen LogP contribution is 2.24. The smallest absolute Gasteiger partial charge is 0.407 e. The Balaban J connectivity index is 1.57. The van der Waals surface area contributed by atoms with Gasteiger partial charge in [-0.05, 0) is 51.0 Å². The molecule has 2 aromatic rings. The number of amides is 1. The lowest BCUT2D eigenvalue weighted by Gasteiger charge is -2.39. The zero-order chi connectivity index (χ0) is 23.1. The Hall–Kier alpha value is -3.06. The molecular weight excluding hydrogens is 408 g/mol. The maximum atomic E-state index is 12.4. The molecule has 1 aliphatic heterocycles. The molecular formula is C25H32N2O5. The number of nitrogens with zero attached hydrogens (tertiary/aromatic N) is 1. The van der Waals surface area contributed by atoms with Crippen LogP contribution in [0.1, 0.15) is 43.1 Å². The van der Waals surface area contributed by atoms with E-state index in [-0.39, 0.29) is 24.7 Å². The molecule has 32 heavy (non-hydrogen) atoms. The van der Waals surface area contributed by atoms with Crippen LogP contribution in [0.2, 0.25) is 0 Å². The van der Waals surface area contributed by atoms with E-state index in [1.807, 2.05) is 69.3 Å². The second-order valence-electron chi connectivity index (χ2n) is 8.87. The van der Waals surface area contributed by atoms with Crippen LogP contribution in [0, 0.1) is 0 Å². The third-order valence-electron chi connectivity index (χ3n) is 5.22. The Bertz CT molecular complexity index is 910. The van der Waals surface area contributed by atoms with Gasteiger partial charge >= 0.3 is 12.1 Å². The van der Waals surface area contributed by atoms with E-state index in [1.54, 1.807) is 13.2 Å². The number of hydrogen-bond donors (Lipinski definition) is 1. The summed E-state index contributed by atoms with van der Waals surface area (Å²) in [6.45, 7) is 7.06. The molecule has 7 nitrogen and oxygen atoms in total. The number of rotatable bonds is 6. The molecule has 1 amide bonds. The molecule has 0 spiro atoms. The molecule has 1 saturated heterocycles. The lowest BCUT2D eigenvalue weighted by atomic mass is 10.0. The number of carbonyl (C=O) groups excluding carboxylic acids is 2. The molecule has 1 heterocycles. The van der Waals surface area contributed by atoms with Gasteiger partial charge in [-0.15, -0.1) is 0 Å². The SMILES string of the molecule is COC1CN(c2cccc(C(=O)OC(C)(C)C)c2)CCC1NC(=O)OCc1ccccc1. The van der Waals surface area contributed by atoms with Crippen molar-refractivity contribution in [1.29, 1.82) is 0 Å². The van der Waals surface area contributed by atoms with Gasteiger partial charge in [0, 0.05) is 25.9 Å².